The van der Waals surface area contributed by atoms with Gasteiger partial charge in [0.25, 0.3) is 5.91 Å². The molecule has 1 fully saturated rings. The molecule has 0 unspecified atom stereocenters. The van der Waals surface area contributed by atoms with Crippen molar-refractivity contribution in [3.8, 4) is 0 Å². The number of amides is 2. The van der Waals surface area contributed by atoms with Gasteiger partial charge in [-0.3, -0.25) is 14.6 Å². The first-order chi connectivity index (χ1) is 14.6. The Balaban J connectivity index is 0.00000480. The number of carbonyl (C=O) groups is 2. The summed E-state index contributed by atoms with van der Waals surface area (Å²) < 4.78 is 11.1. The summed E-state index contributed by atoms with van der Waals surface area (Å²) in [5, 5.41) is 8.96. The number of nitrogens with one attached hydrogen (secondary N) is 3. The summed E-state index contributed by atoms with van der Waals surface area (Å²) in [6.07, 6.45) is 3.08. The van der Waals surface area contributed by atoms with Crippen LogP contribution in [0.4, 0.5) is 0 Å². The van der Waals surface area contributed by atoms with Crippen LogP contribution in [-0.4, -0.2) is 64.3 Å². The molecular formula is C21H34IN5O4. The summed E-state index contributed by atoms with van der Waals surface area (Å²) in [6, 6.07) is 7.12. The number of rotatable bonds is 11. The second kappa shape index (κ2) is 15.8. The van der Waals surface area contributed by atoms with Gasteiger partial charge < -0.3 is 31.2 Å². The van der Waals surface area contributed by atoms with Crippen molar-refractivity contribution in [2.45, 2.75) is 25.8 Å². The van der Waals surface area contributed by atoms with Gasteiger partial charge in [0.1, 0.15) is 0 Å². The number of carbonyl (C=O) groups excluding carboxylic acids is 2. The van der Waals surface area contributed by atoms with Crippen LogP contribution in [0.25, 0.3) is 0 Å². The Morgan fingerprint density at radius 2 is 1.87 bits per heavy atom. The molecule has 0 bridgehead atoms. The lowest BCUT2D eigenvalue weighted by atomic mass is 10.0. The molecule has 1 aromatic rings. The third kappa shape index (κ3) is 11.3. The first kappa shape index (κ1) is 27.1. The van der Waals surface area contributed by atoms with E-state index in [1.807, 2.05) is 12.1 Å². The van der Waals surface area contributed by atoms with Crippen LogP contribution >= 0.6 is 24.0 Å². The number of nitrogens with two attached hydrogens (primary N) is 1. The van der Waals surface area contributed by atoms with Crippen molar-refractivity contribution in [3.63, 3.8) is 0 Å². The van der Waals surface area contributed by atoms with E-state index in [1.165, 1.54) is 0 Å². The lowest BCUT2D eigenvalue weighted by Gasteiger charge is -2.21. The quantitative estimate of drug-likeness (QED) is 0.142. The third-order valence-corrected chi connectivity index (χ3v) is 4.78. The highest BCUT2D eigenvalue weighted by Crippen LogP contribution is 2.14. The van der Waals surface area contributed by atoms with E-state index in [4.69, 9.17) is 15.2 Å². The highest BCUT2D eigenvalue weighted by Gasteiger charge is 2.13. The molecule has 1 aliphatic rings. The van der Waals surface area contributed by atoms with Gasteiger partial charge in [0.15, 0.2) is 5.96 Å². The molecule has 0 spiro atoms. The van der Waals surface area contributed by atoms with Crippen molar-refractivity contribution in [2.75, 3.05) is 46.6 Å². The molecule has 2 amide bonds. The van der Waals surface area contributed by atoms with Crippen molar-refractivity contribution >= 4 is 41.8 Å². The number of hydrogen-bond acceptors (Lipinski definition) is 5. The maximum absolute atomic E-state index is 11.9. The molecule has 10 heteroatoms. The Morgan fingerprint density at radius 3 is 2.52 bits per heavy atom. The largest absolute Gasteiger partial charge is 0.381 e. The molecule has 9 nitrogen and oxygen atoms in total. The van der Waals surface area contributed by atoms with E-state index >= 15 is 0 Å². The zero-order chi connectivity index (χ0) is 21.6. The van der Waals surface area contributed by atoms with Gasteiger partial charge in [0, 0.05) is 52.1 Å². The Bertz CT molecular complexity index is 694. The minimum absolute atomic E-state index is 0. The van der Waals surface area contributed by atoms with Gasteiger partial charge in [-0.25, -0.2) is 0 Å². The van der Waals surface area contributed by atoms with Gasteiger partial charge in [-0.15, -0.1) is 24.0 Å². The van der Waals surface area contributed by atoms with E-state index in [1.54, 1.807) is 19.2 Å². The second-order valence-corrected chi connectivity index (χ2v) is 7.18. The number of primary amides is 1. The maximum atomic E-state index is 11.9. The van der Waals surface area contributed by atoms with Crippen molar-refractivity contribution in [2.24, 2.45) is 16.6 Å². The molecule has 1 heterocycles. The van der Waals surface area contributed by atoms with Crippen molar-refractivity contribution in [1.29, 1.82) is 0 Å². The van der Waals surface area contributed by atoms with Gasteiger partial charge in [-0.05, 0) is 42.9 Å². The molecule has 31 heavy (non-hydrogen) atoms. The fraction of sp³-hybridized carbons (Fsp3) is 0.571. The summed E-state index contributed by atoms with van der Waals surface area (Å²) >= 11 is 0. The molecule has 0 aliphatic carbocycles. The van der Waals surface area contributed by atoms with Crippen LogP contribution in [0.2, 0.25) is 0 Å². The number of nitrogens with zero attached hydrogens (tertiary/aromatic N) is 1. The number of guanidine groups is 1. The summed E-state index contributed by atoms with van der Waals surface area (Å²) in [6.45, 7) is 4.40. The molecule has 174 valence electrons. The molecule has 1 aliphatic heterocycles. The lowest BCUT2D eigenvalue weighted by molar-refractivity contribution is -0.117. The van der Waals surface area contributed by atoms with Crippen LogP contribution in [0.15, 0.2) is 29.3 Å². The first-order valence-electron chi connectivity index (χ1n) is 10.3. The van der Waals surface area contributed by atoms with Crippen LogP contribution in [-0.2, 0) is 20.8 Å². The fourth-order valence-corrected chi connectivity index (χ4v) is 2.99. The highest BCUT2D eigenvalue weighted by atomic mass is 127. The fourth-order valence-electron chi connectivity index (χ4n) is 2.99. The van der Waals surface area contributed by atoms with Gasteiger partial charge >= 0.3 is 0 Å². The zero-order valence-electron chi connectivity index (χ0n) is 18.0. The lowest BCUT2D eigenvalue weighted by Crippen LogP contribution is -2.37. The summed E-state index contributed by atoms with van der Waals surface area (Å²) in [5.41, 5.74) is 6.50. The van der Waals surface area contributed by atoms with Crippen LogP contribution < -0.4 is 21.7 Å². The summed E-state index contributed by atoms with van der Waals surface area (Å²) in [7, 11) is 1.73. The molecule has 5 N–H and O–H groups in total. The molecule has 1 aromatic carbocycles. The van der Waals surface area contributed by atoms with Crippen molar-refractivity contribution in [1.82, 2.24) is 16.0 Å². The number of halogens is 1. The SMILES string of the molecule is CN=C(NCCCOCC1CCOCC1)NCc1ccc(C(=O)NCC(N)=O)cc1.I. The minimum atomic E-state index is -0.575. The Hall–Kier alpha value is -1.92. The molecular weight excluding hydrogens is 513 g/mol. The van der Waals surface area contributed by atoms with Crippen LogP contribution in [0, 0.1) is 5.92 Å². The van der Waals surface area contributed by atoms with E-state index in [2.05, 4.69) is 20.9 Å². The van der Waals surface area contributed by atoms with Gasteiger partial charge in [0.05, 0.1) is 6.54 Å². The van der Waals surface area contributed by atoms with Gasteiger partial charge in [-0.1, -0.05) is 12.1 Å². The normalized spacial score (nSPS) is 14.4. The monoisotopic (exact) mass is 547 g/mol. The molecule has 1 saturated heterocycles. The van der Waals surface area contributed by atoms with E-state index in [9.17, 15) is 9.59 Å². The second-order valence-electron chi connectivity index (χ2n) is 7.18. The molecule has 2 rings (SSSR count). The van der Waals surface area contributed by atoms with Crippen LogP contribution in [0.3, 0.4) is 0 Å². The van der Waals surface area contributed by atoms with E-state index in [0.717, 1.165) is 57.8 Å². The van der Waals surface area contributed by atoms with E-state index in [-0.39, 0.29) is 36.4 Å². The number of aliphatic imine (C=N–C) groups is 1. The average molecular weight is 547 g/mol. The number of ether oxygens (including phenoxy) is 2. The third-order valence-electron chi connectivity index (χ3n) is 4.78. The maximum Gasteiger partial charge on any atom is 0.251 e. The molecule has 0 saturated carbocycles. The number of benzene rings is 1. The van der Waals surface area contributed by atoms with Crippen molar-refractivity contribution < 1.29 is 19.1 Å². The predicted molar refractivity (Wildman–Crippen MR) is 131 cm³/mol. The van der Waals surface area contributed by atoms with E-state index < -0.39 is 5.91 Å². The Morgan fingerprint density at radius 1 is 1.16 bits per heavy atom. The van der Waals surface area contributed by atoms with Gasteiger partial charge in [0.2, 0.25) is 5.91 Å². The highest BCUT2D eigenvalue weighted by molar-refractivity contribution is 14.0. The first-order valence-corrected chi connectivity index (χ1v) is 10.3. The van der Waals surface area contributed by atoms with Crippen LogP contribution in [0.1, 0.15) is 35.2 Å². The summed E-state index contributed by atoms with van der Waals surface area (Å²) in [5.74, 6) is 0.434. The van der Waals surface area contributed by atoms with Crippen molar-refractivity contribution in [3.05, 3.63) is 35.4 Å². The Kier molecular flexibility index (Phi) is 13.8. The molecule has 0 atom stereocenters. The average Bonchev–Trinajstić information content (AvgIpc) is 2.77. The summed E-state index contributed by atoms with van der Waals surface area (Å²) in [4.78, 5) is 26.8. The molecule has 0 aromatic heterocycles. The van der Waals surface area contributed by atoms with Crippen LogP contribution in [0.5, 0.6) is 0 Å². The van der Waals surface area contributed by atoms with E-state index in [0.29, 0.717) is 24.0 Å². The number of hydrogen-bond donors (Lipinski definition) is 4. The van der Waals surface area contributed by atoms with Gasteiger partial charge in [-0.2, -0.15) is 0 Å². The predicted octanol–water partition coefficient (Wildman–Crippen LogP) is 1.02. The minimum Gasteiger partial charge on any atom is -0.381 e. The smallest absolute Gasteiger partial charge is 0.251 e. The Labute approximate surface area is 200 Å². The zero-order valence-corrected chi connectivity index (χ0v) is 20.4. The topological polar surface area (TPSA) is 127 Å². The standard InChI is InChI=1S/C21H33N5O4.HI/c1-23-21(24-9-2-10-30-15-17-7-11-29-12-8-17)26-13-16-3-5-18(6-4-16)20(28)25-14-19(22)27;/h3-6,17H,2,7-15H2,1H3,(H2,22,27)(H,25,28)(H2,23,24,26);1H. The molecule has 0 radical (unpaired) electrons.